The third-order valence-electron chi connectivity index (χ3n) is 4.31. The summed E-state index contributed by atoms with van der Waals surface area (Å²) in [4.78, 5) is 19.0. The van der Waals surface area contributed by atoms with Crippen molar-refractivity contribution >= 4 is 43.2 Å². The minimum absolute atomic E-state index is 0.124. The Hall–Kier alpha value is -1.29. The fraction of sp³-hybridized carbons (Fsp3) is 0.444. The van der Waals surface area contributed by atoms with Gasteiger partial charge in [-0.2, -0.15) is 4.31 Å². The molecule has 6 nitrogen and oxygen atoms in total. The number of hydrogen-bond donors (Lipinski definition) is 0. The van der Waals surface area contributed by atoms with E-state index in [0.717, 1.165) is 15.9 Å². The van der Waals surface area contributed by atoms with Crippen LogP contribution in [0.3, 0.4) is 0 Å². The Morgan fingerprint density at radius 2 is 1.96 bits per heavy atom. The summed E-state index contributed by atoms with van der Waals surface area (Å²) in [7, 11) is -3.56. The Bertz CT molecular complexity index is 919. The molecule has 3 rings (SSSR count). The molecule has 27 heavy (non-hydrogen) atoms. The minimum Gasteiger partial charge on any atom is -0.335 e. The number of nitrogens with zero attached hydrogens (tertiary/aromatic N) is 3. The molecule has 0 radical (unpaired) electrons. The molecule has 0 saturated carbocycles. The normalized spacial score (nSPS) is 16.1. The molecular weight excluding hydrogens is 450 g/mol. The van der Waals surface area contributed by atoms with E-state index in [2.05, 4.69) is 34.8 Å². The second kappa shape index (κ2) is 8.38. The third-order valence-corrected chi connectivity index (χ3v) is 7.57. The molecule has 1 aliphatic rings. The Morgan fingerprint density at radius 3 is 2.59 bits per heavy atom. The molecular formula is C18H22BrN3O3S2. The number of rotatable bonds is 5. The maximum Gasteiger partial charge on any atom is 0.273 e. The Balaban J connectivity index is 1.64. The van der Waals surface area contributed by atoms with Gasteiger partial charge in [0, 0.05) is 42.5 Å². The topological polar surface area (TPSA) is 70.6 Å². The first-order valence-corrected chi connectivity index (χ1v) is 11.9. The molecule has 0 atom stereocenters. The van der Waals surface area contributed by atoms with Gasteiger partial charge in [-0.1, -0.05) is 35.8 Å². The maximum atomic E-state index is 12.8. The van der Waals surface area contributed by atoms with Gasteiger partial charge in [0.05, 0.1) is 9.90 Å². The fourth-order valence-corrected chi connectivity index (χ4v) is 5.92. The summed E-state index contributed by atoms with van der Waals surface area (Å²) in [5.74, 6) is 0.367. The van der Waals surface area contributed by atoms with E-state index in [9.17, 15) is 13.2 Å². The molecule has 1 amide bonds. The van der Waals surface area contributed by atoms with E-state index in [4.69, 9.17) is 0 Å². The number of thiazole rings is 1. The molecule has 1 aliphatic heterocycles. The van der Waals surface area contributed by atoms with Gasteiger partial charge in [0.2, 0.25) is 10.0 Å². The predicted molar refractivity (Wildman–Crippen MR) is 109 cm³/mol. The van der Waals surface area contributed by atoms with E-state index in [-0.39, 0.29) is 23.9 Å². The van der Waals surface area contributed by atoms with Crippen LogP contribution in [0.1, 0.15) is 29.3 Å². The zero-order chi connectivity index (χ0) is 19.6. The molecule has 2 heterocycles. The lowest BCUT2D eigenvalue weighted by atomic mass is 10.1. The monoisotopic (exact) mass is 471 g/mol. The maximum absolute atomic E-state index is 12.8. The first-order chi connectivity index (χ1) is 12.8. The highest BCUT2D eigenvalue weighted by Gasteiger charge is 2.31. The quantitative estimate of drug-likeness (QED) is 0.670. The van der Waals surface area contributed by atoms with E-state index in [1.54, 1.807) is 34.5 Å². The molecule has 0 aliphatic carbocycles. The zero-order valence-electron chi connectivity index (χ0n) is 15.3. The van der Waals surface area contributed by atoms with Crippen molar-refractivity contribution in [1.29, 1.82) is 0 Å². The Labute approximate surface area is 172 Å². The number of piperazine rings is 1. The summed E-state index contributed by atoms with van der Waals surface area (Å²) < 4.78 is 27.7. The van der Waals surface area contributed by atoms with E-state index in [0.29, 0.717) is 24.7 Å². The standard InChI is InChI=1S/C18H22BrN3O3S2/c1-13(2)10-17-20-16(12-26-17)18(23)21-6-8-22(9-7-21)27(24,25)15-5-3-4-14(19)11-15/h3-5,11-13H,6-10H2,1-2H3. The van der Waals surface area contributed by atoms with Gasteiger partial charge in [0.1, 0.15) is 5.69 Å². The van der Waals surface area contributed by atoms with E-state index < -0.39 is 10.0 Å². The van der Waals surface area contributed by atoms with Gasteiger partial charge in [-0.15, -0.1) is 11.3 Å². The lowest BCUT2D eigenvalue weighted by molar-refractivity contribution is 0.0692. The minimum atomic E-state index is -3.56. The molecule has 2 aromatic rings. The smallest absolute Gasteiger partial charge is 0.273 e. The van der Waals surface area contributed by atoms with Gasteiger partial charge < -0.3 is 4.90 Å². The summed E-state index contributed by atoms with van der Waals surface area (Å²) in [6.45, 7) is 5.53. The molecule has 0 spiro atoms. The van der Waals surface area contributed by atoms with Crippen LogP contribution in [-0.4, -0.2) is 54.7 Å². The second-order valence-electron chi connectivity index (χ2n) is 6.88. The number of carbonyl (C=O) groups is 1. The van der Waals surface area contributed by atoms with Crippen LogP contribution in [0.2, 0.25) is 0 Å². The first kappa shape index (κ1) is 20.4. The number of carbonyl (C=O) groups excluding carboxylic acids is 1. The summed E-state index contributed by atoms with van der Waals surface area (Å²) in [5, 5.41) is 2.76. The summed E-state index contributed by atoms with van der Waals surface area (Å²) in [6.07, 6.45) is 0.858. The Kier molecular flexibility index (Phi) is 6.35. The van der Waals surface area contributed by atoms with Gasteiger partial charge in [-0.05, 0) is 24.1 Å². The molecule has 0 bridgehead atoms. The molecule has 0 unspecified atom stereocenters. The van der Waals surface area contributed by atoms with Crippen LogP contribution in [-0.2, 0) is 16.4 Å². The van der Waals surface area contributed by atoms with Crippen molar-refractivity contribution in [3.8, 4) is 0 Å². The highest BCUT2D eigenvalue weighted by molar-refractivity contribution is 9.10. The molecule has 9 heteroatoms. The SMILES string of the molecule is CC(C)Cc1nc(C(=O)N2CCN(S(=O)(=O)c3cccc(Br)c3)CC2)cs1. The van der Waals surface area contributed by atoms with Crippen molar-refractivity contribution in [3.05, 3.63) is 44.8 Å². The number of aromatic nitrogens is 1. The number of hydrogen-bond acceptors (Lipinski definition) is 5. The summed E-state index contributed by atoms with van der Waals surface area (Å²) >= 11 is 4.81. The first-order valence-electron chi connectivity index (χ1n) is 8.77. The molecule has 146 valence electrons. The van der Waals surface area contributed by atoms with E-state index >= 15 is 0 Å². The molecule has 1 saturated heterocycles. The van der Waals surface area contributed by atoms with Crippen LogP contribution in [0.25, 0.3) is 0 Å². The van der Waals surface area contributed by atoms with E-state index in [1.807, 2.05) is 0 Å². The number of benzene rings is 1. The van der Waals surface area contributed by atoms with Gasteiger partial charge >= 0.3 is 0 Å². The van der Waals surface area contributed by atoms with Gasteiger partial charge in [0.15, 0.2) is 0 Å². The average molecular weight is 472 g/mol. The van der Waals surface area contributed by atoms with Crippen molar-refractivity contribution in [2.45, 2.75) is 25.2 Å². The Morgan fingerprint density at radius 1 is 1.26 bits per heavy atom. The largest absolute Gasteiger partial charge is 0.335 e. The fourth-order valence-electron chi connectivity index (χ4n) is 2.92. The number of halogens is 1. The lowest BCUT2D eigenvalue weighted by Crippen LogP contribution is -2.50. The number of sulfonamides is 1. The second-order valence-corrected chi connectivity index (χ2v) is 10.7. The molecule has 1 aromatic heterocycles. The van der Waals surface area contributed by atoms with Crippen molar-refractivity contribution in [2.75, 3.05) is 26.2 Å². The summed E-state index contributed by atoms with van der Waals surface area (Å²) in [5.41, 5.74) is 0.457. The van der Waals surface area contributed by atoms with Crippen LogP contribution in [0.4, 0.5) is 0 Å². The zero-order valence-corrected chi connectivity index (χ0v) is 18.5. The highest BCUT2D eigenvalue weighted by atomic mass is 79.9. The van der Waals surface area contributed by atoms with Crippen LogP contribution in [0.15, 0.2) is 39.0 Å². The van der Waals surface area contributed by atoms with Crippen LogP contribution in [0, 0.1) is 5.92 Å². The lowest BCUT2D eigenvalue weighted by Gasteiger charge is -2.33. The molecule has 0 N–H and O–H groups in total. The predicted octanol–water partition coefficient (Wildman–Crippen LogP) is 3.25. The van der Waals surface area contributed by atoms with Crippen molar-refractivity contribution in [3.63, 3.8) is 0 Å². The van der Waals surface area contributed by atoms with Crippen molar-refractivity contribution in [1.82, 2.24) is 14.2 Å². The molecule has 1 fully saturated rings. The summed E-state index contributed by atoms with van der Waals surface area (Å²) in [6, 6.07) is 6.67. The van der Waals surface area contributed by atoms with Crippen LogP contribution >= 0.6 is 27.3 Å². The average Bonchev–Trinajstić information content (AvgIpc) is 3.09. The molecule has 1 aromatic carbocycles. The van der Waals surface area contributed by atoms with Crippen LogP contribution in [0.5, 0.6) is 0 Å². The van der Waals surface area contributed by atoms with Crippen molar-refractivity contribution in [2.24, 2.45) is 5.92 Å². The highest BCUT2D eigenvalue weighted by Crippen LogP contribution is 2.22. The van der Waals surface area contributed by atoms with Gasteiger partial charge in [0.25, 0.3) is 5.91 Å². The van der Waals surface area contributed by atoms with Crippen LogP contribution < -0.4 is 0 Å². The number of amides is 1. The third kappa shape index (κ3) is 4.77. The van der Waals surface area contributed by atoms with Gasteiger partial charge in [-0.25, -0.2) is 13.4 Å². The van der Waals surface area contributed by atoms with E-state index in [1.165, 1.54) is 15.6 Å². The van der Waals surface area contributed by atoms with Gasteiger partial charge in [-0.3, -0.25) is 4.79 Å². The van der Waals surface area contributed by atoms with Crippen molar-refractivity contribution < 1.29 is 13.2 Å².